The fourth-order valence-corrected chi connectivity index (χ4v) is 2.69. The van der Waals surface area contributed by atoms with Crippen LogP contribution in [-0.4, -0.2) is 41.5 Å². The zero-order valence-electron chi connectivity index (χ0n) is 12.1. The number of amides is 1. The van der Waals surface area contributed by atoms with Crippen LogP contribution in [-0.2, 0) is 16.1 Å². The van der Waals surface area contributed by atoms with Crippen LogP contribution >= 0.6 is 0 Å². The highest BCUT2D eigenvalue weighted by molar-refractivity contribution is 5.79. The van der Waals surface area contributed by atoms with Crippen molar-refractivity contribution in [1.82, 2.24) is 10.2 Å². The van der Waals surface area contributed by atoms with Crippen molar-refractivity contribution in [2.24, 2.45) is 5.92 Å². The zero-order valence-corrected chi connectivity index (χ0v) is 12.1. The summed E-state index contributed by atoms with van der Waals surface area (Å²) < 4.78 is 0. The van der Waals surface area contributed by atoms with Crippen LogP contribution in [0.1, 0.15) is 24.8 Å². The van der Waals surface area contributed by atoms with Crippen LogP contribution in [0.5, 0.6) is 0 Å². The Balaban J connectivity index is 1.80. The molecule has 2 N–H and O–H groups in total. The molecule has 1 saturated heterocycles. The number of benzene rings is 1. The van der Waals surface area contributed by atoms with E-state index in [0.717, 1.165) is 32.5 Å². The molecule has 1 aliphatic heterocycles. The first-order valence-corrected chi connectivity index (χ1v) is 7.41. The van der Waals surface area contributed by atoms with Gasteiger partial charge in [0, 0.05) is 19.6 Å². The van der Waals surface area contributed by atoms with Crippen molar-refractivity contribution in [3.05, 3.63) is 35.9 Å². The van der Waals surface area contributed by atoms with Gasteiger partial charge in [0.15, 0.2) is 0 Å². The smallest absolute Gasteiger partial charge is 0.305 e. The minimum Gasteiger partial charge on any atom is -0.481 e. The van der Waals surface area contributed by atoms with Gasteiger partial charge in [0.05, 0.1) is 12.3 Å². The fraction of sp³-hybridized carbons (Fsp3) is 0.500. The molecule has 0 aromatic heterocycles. The molecule has 0 spiro atoms. The van der Waals surface area contributed by atoms with Crippen LogP contribution in [0.2, 0.25) is 0 Å². The van der Waals surface area contributed by atoms with E-state index < -0.39 is 5.97 Å². The van der Waals surface area contributed by atoms with Crippen molar-refractivity contribution in [3.8, 4) is 0 Å². The molecule has 5 heteroatoms. The van der Waals surface area contributed by atoms with Gasteiger partial charge in [-0.25, -0.2) is 0 Å². The fourth-order valence-electron chi connectivity index (χ4n) is 2.69. The Hall–Kier alpha value is -1.88. The van der Waals surface area contributed by atoms with E-state index in [-0.39, 0.29) is 24.8 Å². The maximum atomic E-state index is 12.0. The van der Waals surface area contributed by atoms with Crippen molar-refractivity contribution in [3.63, 3.8) is 0 Å². The molecular weight excluding hydrogens is 268 g/mol. The summed E-state index contributed by atoms with van der Waals surface area (Å²) in [5, 5.41) is 11.3. The molecule has 0 radical (unpaired) electrons. The van der Waals surface area contributed by atoms with Gasteiger partial charge in [-0.05, 0) is 24.9 Å². The molecule has 1 aliphatic rings. The van der Waals surface area contributed by atoms with Crippen molar-refractivity contribution < 1.29 is 14.7 Å². The molecule has 0 bridgehead atoms. The second kappa shape index (κ2) is 7.78. The van der Waals surface area contributed by atoms with Gasteiger partial charge in [0.1, 0.15) is 0 Å². The number of piperidine rings is 1. The van der Waals surface area contributed by atoms with Gasteiger partial charge in [0.2, 0.25) is 5.91 Å². The number of rotatable bonds is 6. The summed E-state index contributed by atoms with van der Waals surface area (Å²) in [6.07, 6.45) is 1.86. The number of carboxylic acids is 1. The van der Waals surface area contributed by atoms with E-state index in [4.69, 9.17) is 5.11 Å². The lowest BCUT2D eigenvalue weighted by molar-refractivity contribution is -0.137. The molecular formula is C16H22N2O3. The molecule has 1 aromatic carbocycles. The monoisotopic (exact) mass is 290 g/mol. The predicted molar refractivity (Wildman–Crippen MR) is 79.7 cm³/mol. The third-order valence-corrected chi connectivity index (χ3v) is 3.76. The summed E-state index contributed by atoms with van der Waals surface area (Å²) in [6.45, 7) is 2.82. The van der Waals surface area contributed by atoms with Crippen LogP contribution < -0.4 is 5.32 Å². The van der Waals surface area contributed by atoms with Gasteiger partial charge < -0.3 is 10.4 Å². The van der Waals surface area contributed by atoms with Gasteiger partial charge in [-0.1, -0.05) is 30.3 Å². The highest BCUT2D eigenvalue weighted by atomic mass is 16.4. The summed E-state index contributed by atoms with van der Waals surface area (Å²) in [7, 11) is 0. The highest BCUT2D eigenvalue weighted by Crippen LogP contribution is 2.18. The van der Waals surface area contributed by atoms with Gasteiger partial charge in [0.25, 0.3) is 0 Å². The first kappa shape index (κ1) is 15.5. The maximum absolute atomic E-state index is 12.0. The van der Waals surface area contributed by atoms with Gasteiger partial charge in [-0.2, -0.15) is 0 Å². The van der Waals surface area contributed by atoms with Crippen LogP contribution in [0.3, 0.4) is 0 Å². The molecule has 114 valence electrons. The van der Waals surface area contributed by atoms with Crippen molar-refractivity contribution in [1.29, 1.82) is 0 Å². The number of nitrogens with zero attached hydrogens (tertiary/aromatic N) is 1. The van der Waals surface area contributed by atoms with E-state index in [1.807, 2.05) is 18.2 Å². The molecule has 2 rings (SSSR count). The summed E-state index contributed by atoms with van der Waals surface area (Å²) in [5.41, 5.74) is 1.25. The number of aliphatic carboxylic acids is 1. The van der Waals surface area contributed by atoms with Crippen LogP contribution in [0.25, 0.3) is 0 Å². The number of likely N-dealkylation sites (tertiary alicyclic amines) is 1. The summed E-state index contributed by atoms with van der Waals surface area (Å²) in [4.78, 5) is 24.8. The zero-order chi connectivity index (χ0) is 15.1. The average molecular weight is 290 g/mol. The molecule has 1 fully saturated rings. The third-order valence-electron chi connectivity index (χ3n) is 3.76. The van der Waals surface area contributed by atoms with Crippen LogP contribution in [0.4, 0.5) is 0 Å². The minimum absolute atomic E-state index is 0.0194. The highest BCUT2D eigenvalue weighted by Gasteiger charge is 2.25. The lowest BCUT2D eigenvalue weighted by atomic mass is 9.96. The Bertz CT molecular complexity index is 476. The first-order valence-electron chi connectivity index (χ1n) is 7.41. The quantitative estimate of drug-likeness (QED) is 0.833. The van der Waals surface area contributed by atoms with Crippen molar-refractivity contribution >= 4 is 11.9 Å². The topological polar surface area (TPSA) is 69.6 Å². The molecule has 0 saturated carbocycles. The van der Waals surface area contributed by atoms with E-state index in [2.05, 4.69) is 22.3 Å². The van der Waals surface area contributed by atoms with Crippen LogP contribution in [0.15, 0.2) is 30.3 Å². The van der Waals surface area contributed by atoms with E-state index >= 15 is 0 Å². The molecule has 0 aliphatic carbocycles. The number of carbonyl (C=O) groups is 2. The molecule has 1 atom stereocenters. The normalized spacial score (nSPS) is 19.1. The Kier molecular flexibility index (Phi) is 5.75. The minimum atomic E-state index is -0.885. The molecule has 5 nitrogen and oxygen atoms in total. The number of carbonyl (C=O) groups excluding carboxylic acids is 1. The average Bonchev–Trinajstić information content (AvgIpc) is 2.48. The van der Waals surface area contributed by atoms with E-state index in [9.17, 15) is 9.59 Å². The summed E-state index contributed by atoms with van der Waals surface area (Å²) >= 11 is 0. The molecule has 1 aromatic rings. The lowest BCUT2D eigenvalue weighted by Crippen LogP contribution is -2.43. The maximum Gasteiger partial charge on any atom is 0.305 e. The molecule has 1 unspecified atom stereocenters. The van der Waals surface area contributed by atoms with Crippen LogP contribution in [0, 0.1) is 5.92 Å². The first-order chi connectivity index (χ1) is 10.1. The number of hydrogen-bond donors (Lipinski definition) is 2. The van der Waals surface area contributed by atoms with Gasteiger partial charge in [-0.3, -0.25) is 14.5 Å². The van der Waals surface area contributed by atoms with Crippen molar-refractivity contribution in [2.45, 2.75) is 25.8 Å². The third kappa shape index (κ3) is 5.19. The Labute approximate surface area is 125 Å². The van der Waals surface area contributed by atoms with Gasteiger partial charge >= 0.3 is 5.97 Å². The number of carboxylic acid groups (broad SMARTS) is 1. The van der Waals surface area contributed by atoms with Gasteiger partial charge in [-0.15, -0.1) is 0 Å². The lowest BCUT2D eigenvalue weighted by Gasteiger charge is -2.32. The SMILES string of the molecule is O=C(O)CCNC(=O)C1CCCN(Cc2ccccc2)C1. The van der Waals surface area contributed by atoms with E-state index in [0.29, 0.717) is 0 Å². The summed E-state index contributed by atoms with van der Waals surface area (Å²) in [6, 6.07) is 10.2. The Morgan fingerprint density at radius 2 is 2.05 bits per heavy atom. The second-order valence-corrected chi connectivity index (χ2v) is 5.49. The molecule has 21 heavy (non-hydrogen) atoms. The predicted octanol–water partition coefficient (Wildman–Crippen LogP) is 1.49. The van der Waals surface area contributed by atoms with E-state index in [1.165, 1.54) is 5.56 Å². The number of nitrogens with one attached hydrogen (secondary N) is 1. The summed E-state index contributed by atoms with van der Waals surface area (Å²) in [5.74, 6) is -0.935. The van der Waals surface area contributed by atoms with Crippen molar-refractivity contribution in [2.75, 3.05) is 19.6 Å². The Morgan fingerprint density at radius 3 is 2.76 bits per heavy atom. The number of hydrogen-bond acceptors (Lipinski definition) is 3. The molecule has 1 amide bonds. The largest absolute Gasteiger partial charge is 0.481 e. The van der Waals surface area contributed by atoms with E-state index in [1.54, 1.807) is 0 Å². The standard InChI is InChI=1S/C16H22N2O3/c19-15(20)8-9-17-16(21)14-7-4-10-18(12-14)11-13-5-2-1-3-6-13/h1-3,5-6,14H,4,7-12H2,(H,17,21)(H,19,20). The second-order valence-electron chi connectivity index (χ2n) is 5.49. The Morgan fingerprint density at radius 1 is 1.29 bits per heavy atom. The molecule has 1 heterocycles.